The second-order valence-electron chi connectivity index (χ2n) is 3.19. The van der Waals surface area contributed by atoms with Crippen LogP contribution >= 0.6 is 22.6 Å². The van der Waals surface area contributed by atoms with E-state index in [-0.39, 0.29) is 0 Å². The summed E-state index contributed by atoms with van der Waals surface area (Å²) in [6.45, 7) is 3.84. The molecular weight excluding hydrogens is 283 g/mol. The van der Waals surface area contributed by atoms with Crippen molar-refractivity contribution in [1.29, 1.82) is 0 Å². The fourth-order valence-electron chi connectivity index (χ4n) is 1.69. The molecule has 0 spiro atoms. The maximum absolute atomic E-state index is 3.84. The van der Waals surface area contributed by atoms with Crippen LogP contribution in [0, 0.1) is 0 Å². The Balaban J connectivity index is 2.83. The summed E-state index contributed by atoms with van der Waals surface area (Å²) in [5, 5.41) is 2.66. The molecule has 0 aliphatic heterocycles. The van der Waals surface area contributed by atoms with Gasteiger partial charge in [-0.05, 0) is 21.9 Å². The molecule has 0 amide bonds. The second kappa shape index (κ2) is 4.13. The molecule has 0 aliphatic rings. The van der Waals surface area contributed by atoms with Crippen molar-refractivity contribution in [1.82, 2.24) is 0 Å². The van der Waals surface area contributed by atoms with E-state index < -0.39 is 0 Å². The Kier molecular flexibility index (Phi) is 2.87. The lowest BCUT2D eigenvalue weighted by Crippen LogP contribution is -1.86. The lowest BCUT2D eigenvalue weighted by atomic mass is 10.0. The van der Waals surface area contributed by atoms with Crippen molar-refractivity contribution in [2.24, 2.45) is 0 Å². The van der Waals surface area contributed by atoms with Gasteiger partial charge in [0.2, 0.25) is 0 Å². The third kappa shape index (κ3) is 1.57. The summed E-state index contributed by atoms with van der Waals surface area (Å²) < 4.78 is 1.03. The normalized spacial score (nSPS) is 10.4. The number of rotatable bonds is 2. The lowest BCUT2D eigenvalue weighted by molar-refractivity contribution is 1.48. The SMILES string of the molecule is C=Cc1ccc2ccccc2c1CI. The van der Waals surface area contributed by atoms with Gasteiger partial charge in [0, 0.05) is 4.43 Å². The van der Waals surface area contributed by atoms with Crippen LogP contribution in [0.1, 0.15) is 11.1 Å². The first-order chi connectivity index (χ1) is 6.86. The van der Waals surface area contributed by atoms with Crippen molar-refractivity contribution >= 4 is 39.4 Å². The maximum Gasteiger partial charge on any atom is 0.0259 e. The summed E-state index contributed by atoms with van der Waals surface area (Å²) in [7, 11) is 0. The number of benzene rings is 2. The molecule has 0 heterocycles. The molecule has 0 nitrogen and oxygen atoms in total. The molecule has 2 aromatic rings. The maximum atomic E-state index is 3.84. The van der Waals surface area contributed by atoms with Crippen LogP contribution in [-0.2, 0) is 4.43 Å². The van der Waals surface area contributed by atoms with E-state index in [0.29, 0.717) is 0 Å². The van der Waals surface area contributed by atoms with E-state index >= 15 is 0 Å². The van der Waals surface area contributed by atoms with Crippen molar-refractivity contribution in [3.63, 3.8) is 0 Å². The summed E-state index contributed by atoms with van der Waals surface area (Å²) in [6, 6.07) is 12.8. The van der Waals surface area contributed by atoms with Crippen LogP contribution in [-0.4, -0.2) is 0 Å². The fraction of sp³-hybridized carbons (Fsp3) is 0.0769. The monoisotopic (exact) mass is 294 g/mol. The number of hydrogen-bond acceptors (Lipinski definition) is 0. The van der Waals surface area contributed by atoms with Gasteiger partial charge in [-0.15, -0.1) is 0 Å². The Morgan fingerprint density at radius 3 is 2.64 bits per heavy atom. The van der Waals surface area contributed by atoms with Crippen LogP contribution in [0.2, 0.25) is 0 Å². The molecule has 0 fully saturated rings. The lowest BCUT2D eigenvalue weighted by Gasteiger charge is -2.07. The van der Waals surface area contributed by atoms with Crippen LogP contribution in [0.4, 0.5) is 0 Å². The molecule has 0 unspecified atom stereocenters. The highest BCUT2D eigenvalue weighted by Gasteiger charge is 2.02. The number of fused-ring (bicyclic) bond motifs is 1. The molecule has 0 N–H and O–H groups in total. The molecule has 70 valence electrons. The van der Waals surface area contributed by atoms with Gasteiger partial charge >= 0.3 is 0 Å². The van der Waals surface area contributed by atoms with Gasteiger partial charge in [-0.2, -0.15) is 0 Å². The van der Waals surface area contributed by atoms with Gasteiger partial charge in [0.25, 0.3) is 0 Å². The van der Waals surface area contributed by atoms with Crippen LogP contribution in [0.25, 0.3) is 16.8 Å². The van der Waals surface area contributed by atoms with Crippen molar-refractivity contribution in [2.45, 2.75) is 4.43 Å². The minimum atomic E-state index is 1.03. The van der Waals surface area contributed by atoms with Crippen LogP contribution < -0.4 is 0 Å². The zero-order valence-electron chi connectivity index (χ0n) is 7.83. The quantitative estimate of drug-likeness (QED) is 0.568. The molecule has 0 atom stereocenters. The van der Waals surface area contributed by atoms with Crippen LogP contribution in [0.3, 0.4) is 0 Å². The minimum absolute atomic E-state index is 1.03. The third-order valence-electron chi connectivity index (χ3n) is 2.43. The second-order valence-corrected chi connectivity index (χ2v) is 3.96. The summed E-state index contributed by atoms with van der Waals surface area (Å²) in [6.07, 6.45) is 1.93. The summed E-state index contributed by atoms with van der Waals surface area (Å²) >= 11 is 2.40. The number of alkyl halides is 1. The first-order valence-corrected chi connectivity index (χ1v) is 6.08. The highest BCUT2D eigenvalue weighted by molar-refractivity contribution is 14.1. The molecule has 0 radical (unpaired) electrons. The van der Waals surface area contributed by atoms with E-state index in [4.69, 9.17) is 0 Å². The van der Waals surface area contributed by atoms with E-state index in [2.05, 4.69) is 65.6 Å². The van der Waals surface area contributed by atoms with Gasteiger partial charge in [-0.3, -0.25) is 0 Å². The standard InChI is InChI=1S/C13H11I/c1-2-10-7-8-11-5-3-4-6-12(11)13(10)9-14/h2-8H,1,9H2. The molecule has 0 bridgehead atoms. The largest absolute Gasteiger partial charge is 0.0985 e. The first-order valence-electron chi connectivity index (χ1n) is 4.56. The van der Waals surface area contributed by atoms with E-state index in [1.54, 1.807) is 0 Å². The summed E-state index contributed by atoms with van der Waals surface area (Å²) in [4.78, 5) is 0. The first kappa shape index (κ1) is 9.71. The molecule has 2 rings (SSSR count). The molecule has 14 heavy (non-hydrogen) atoms. The van der Waals surface area contributed by atoms with Crippen molar-refractivity contribution in [2.75, 3.05) is 0 Å². The zero-order valence-corrected chi connectivity index (χ0v) is 9.99. The minimum Gasteiger partial charge on any atom is -0.0985 e. The molecule has 1 heteroatoms. The Labute approximate surface area is 97.8 Å². The average Bonchev–Trinajstić information content (AvgIpc) is 2.27. The molecule has 0 saturated carbocycles. The van der Waals surface area contributed by atoms with Crippen molar-refractivity contribution < 1.29 is 0 Å². The van der Waals surface area contributed by atoms with Gasteiger partial charge in [0.1, 0.15) is 0 Å². The topological polar surface area (TPSA) is 0 Å². The van der Waals surface area contributed by atoms with E-state index in [1.807, 2.05) is 6.08 Å². The van der Waals surface area contributed by atoms with Gasteiger partial charge in [0.15, 0.2) is 0 Å². The molecular formula is C13H11I. The van der Waals surface area contributed by atoms with Gasteiger partial charge in [-0.1, -0.05) is 71.6 Å². The molecule has 0 saturated heterocycles. The van der Waals surface area contributed by atoms with Gasteiger partial charge in [0.05, 0.1) is 0 Å². The van der Waals surface area contributed by atoms with Crippen LogP contribution in [0.5, 0.6) is 0 Å². The fourth-order valence-corrected chi connectivity index (χ4v) is 2.54. The Morgan fingerprint density at radius 1 is 1.14 bits per heavy atom. The Bertz CT molecular complexity index is 472. The summed E-state index contributed by atoms with van der Waals surface area (Å²) in [5.41, 5.74) is 2.64. The zero-order chi connectivity index (χ0) is 9.97. The Hall–Kier alpha value is -0.830. The van der Waals surface area contributed by atoms with E-state index in [9.17, 15) is 0 Å². The highest BCUT2D eigenvalue weighted by atomic mass is 127. The van der Waals surface area contributed by atoms with E-state index in [0.717, 1.165) is 4.43 Å². The molecule has 0 aliphatic carbocycles. The van der Waals surface area contributed by atoms with Crippen molar-refractivity contribution in [3.05, 3.63) is 54.1 Å². The predicted molar refractivity (Wildman–Crippen MR) is 71.8 cm³/mol. The smallest absolute Gasteiger partial charge is 0.0259 e. The highest BCUT2D eigenvalue weighted by Crippen LogP contribution is 2.25. The predicted octanol–water partition coefficient (Wildman–Crippen LogP) is 4.42. The third-order valence-corrected chi connectivity index (χ3v) is 3.19. The molecule has 0 aromatic heterocycles. The van der Waals surface area contributed by atoms with Gasteiger partial charge in [-0.25, -0.2) is 0 Å². The average molecular weight is 294 g/mol. The van der Waals surface area contributed by atoms with Crippen LogP contribution in [0.15, 0.2) is 43.0 Å². The summed E-state index contributed by atoms with van der Waals surface area (Å²) in [5.74, 6) is 0. The number of halogens is 1. The Morgan fingerprint density at radius 2 is 1.93 bits per heavy atom. The van der Waals surface area contributed by atoms with Crippen molar-refractivity contribution in [3.8, 4) is 0 Å². The number of hydrogen-bond donors (Lipinski definition) is 0. The molecule has 2 aromatic carbocycles. The van der Waals surface area contributed by atoms with E-state index in [1.165, 1.54) is 21.9 Å². The van der Waals surface area contributed by atoms with Gasteiger partial charge < -0.3 is 0 Å².